The highest BCUT2D eigenvalue weighted by molar-refractivity contribution is 5.14. The van der Waals surface area contributed by atoms with Crippen LogP contribution in [0.1, 0.15) is 73.1 Å². The fourth-order valence-electron chi connectivity index (χ4n) is 6.40. The monoisotopic (exact) mass is 306 g/mol. The highest BCUT2D eigenvalue weighted by Gasteiger charge is 2.64. The first-order valence-electron chi connectivity index (χ1n) is 9.09. The van der Waals surface area contributed by atoms with Gasteiger partial charge in [0.05, 0.1) is 17.3 Å². The van der Waals surface area contributed by atoms with Gasteiger partial charge in [0.25, 0.3) is 0 Å². The molecule has 1 heterocycles. The topological polar surface area (TPSA) is 29.5 Å². The van der Waals surface area contributed by atoms with Gasteiger partial charge in [0.15, 0.2) is 0 Å². The van der Waals surface area contributed by atoms with Crippen molar-refractivity contribution in [2.24, 2.45) is 22.7 Å². The second-order valence-electron chi connectivity index (χ2n) is 9.52. The van der Waals surface area contributed by atoms with E-state index >= 15 is 0 Å². The quantitative estimate of drug-likeness (QED) is 0.711. The van der Waals surface area contributed by atoms with Gasteiger partial charge in [0.2, 0.25) is 0 Å². The van der Waals surface area contributed by atoms with E-state index in [1.807, 2.05) is 6.08 Å². The summed E-state index contributed by atoms with van der Waals surface area (Å²) in [6.45, 7) is 15.6. The van der Waals surface area contributed by atoms with Crippen molar-refractivity contribution in [1.29, 1.82) is 0 Å². The fourth-order valence-corrected chi connectivity index (χ4v) is 6.40. The van der Waals surface area contributed by atoms with Crippen LogP contribution in [0.25, 0.3) is 0 Å². The minimum atomic E-state index is -0.205. The van der Waals surface area contributed by atoms with Crippen LogP contribution in [0.2, 0.25) is 0 Å². The third kappa shape index (κ3) is 2.13. The largest absolute Gasteiger partial charge is 0.393 e. The fraction of sp³-hybridized carbons (Fsp3) is 0.900. The number of hydrogen-bond donors (Lipinski definition) is 1. The van der Waals surface area contributed by atoms with Crippen molar-refractivity contribution in [2.75, 3.05) is 0 Å². The zero-order valence-corrected chi connectivity index (χ0v) is 15.1. The molecule has 6 atom stereocenters. The smallest absolute Gasteiger partial charge is 0.0839 e. The highest BCUT2D eigenvalue weighted by Crippen LogP contribution is 2.65. The summed E-state index contributed by atoms with van der Waals surface area (Å²) in [5.74, 6) is 1.04. The molecule has 1 aliphatic heterocycles. The first-order valence-corrected chi connectivity index (χ1v) is 9.09. The van der Waals surface area contributed by atoms with E-state index in [1.54, 1.807) is 0 Å². The summed E-state index contributed by atoms with van der Waals surface area (Å²) in [7, 11) is 0. The summed E-state index contributed by atoms with van der Waals surface area (Å²) in [5.41, 5.74) is -0.0177. The van der Waals surface area contributed by atoms with Gasteiger partial charge in [-0.1, -0.05) is 26.8 Å². The summed E-state index contributed by atoms with van der Waals surface area (Å²) in [6, 6.07) is 0. The molecule has 2 heteroatoms. The van der Waals surface area contributed by atoms with E-state index in [9.17, 15) is 5.11 Å². The van der Waals surface area contributed by atoms with Crippen LogP contribution >= 0.6 is 0 Å². The third-order valence-corrected chi connectivity index (χ3v) is 7.72. The van der Waals surface area contributed by atoms with Gasteiger partial charge in [0.1, 0.15) is 0 Å². The zero-order chi connectivity index (χ0) is 16.4. The average Bonchev–Trinajstić information content (AvgIpc) is 2.42. The summed E-state index contributed by atoms with van der Waals surface area (Å²) in [4.78, 5) is 0. The number of hydrogen-bond acceptors (Lipinski definition) is 2. The molecule has 0 aromatic carbocycles. The van der Waals surface area contributed by atoms with Gasteiger partial charge in [0, 0.05) is 5.41 Å². The lowest BCUT2D eigenvalue weighted by molar-refractivity contribution is -0.273. The van der Waals surface area contributed by atoms with Crippen LogP contribution in [0.5, 0.6) is 0 Å². The molecule has 2 nitrogen and oxygen atoms in total. The van der Waals surface area contributed by atoms with Gasteiger partial charge >= 0.3 is 0 Å². The molecule has 126 valence electrons. The van der Waals surface area contributed by atoms with Crippen LogP contribution in [0.15, 0.2) is 12.7 Å². The number of rotatable bonds is 1. The van der Waals surface area contributed by atoms with Crippen LogP contribution < -0.4 is 0 Å². The Hall–Kier alpha value is -0.340. The minimum absolute atomic E-state index is 0.0166. The molecule has 0 amide bonds. The van der Waals surface area contributed by atoms with E-state index in [2.05, 4.69) is 41.2 Å². The molecule has 2 aliphatic carbocycles. The Morgan fingerprint density at radius 3 is 2.23 bits per heavy atom. The van der Waals surface area contributed by atoms with Gasteiger partial charge in [-0.15, -0.1) is 6.58 Å². The Morgan fingerprint density at radius 2 is 1.59 bits per heavy atom. The standard InChI is InChI=1S/C20H34O2/c1-7-18(4)12-8-15-19(5,22-18)13-9-14-17(2,3)11-10-16(21)20(14,15)6/h7,14-16,21H,1,8-13H2,2-6H3/t14-,15-,16+,18-,19+,20-/m0/s1. The van der Waals surface area contributed by atoms with Crippen LogP contribution in [0.3, 0.4) is 0 Å². The molecule has 0 bridgehead atoms. The van der Waals surface area contributed by atoms with E-state index in [0.29, 0.717) is 17.3 Å². The predicted molar refractivity (Wildman–Crippen MR) is 90.7 cm³/mol. The molecule has 1 N–H and O–H groups in total. The van der Waals surface area contributed by atoms with Crippen molar-refractivity contribution < 1.29 is 9.84 Å². The Bertz CT molecular complexity index is 470. The van der Waals surface area contributed by atoms with Gasteiger partial charge in [-0.05, 0) is 69.6 Å². The zero-order valence-electron chi connectivity index (χ0n) is 15.1. The maximum atomic E-state index is 11.0. The minimum Gasteiger partial charge on any atom is -0.393 e. The molecular formula is C20H34O2. The summed E-state index contributed by atoms with van der Waals surface area (Å²) < 4.78 is 6.62. The Balaban J connectivity index is 1.99. The highest BCUT2D eigenvalue weighted by atomic mass is 16.5. The number of fused-ring (bicyclic) bond motifs is 3. The Morgan fingerprint density at radius 1 is 0.955 bits per heavy atom. The average molecular weight is 306 g/mol. The van der Waals surface area contributed by atoms with Crippen molar-refractivity contribution in [2.45, 2.75) is 90.4 Å². The van der Waals surface area contributed by atoms with Crippen molar-refractivity contribution in [1.82, 2.24) is 0 Å². The molecule has 1 saturated heterocycles. The molecule has 0 aromatic rings. The summed E-state index contributed by atoms with van der Waals surface area (Å²) in [5, 5.41) is 11.0. The first-order chi connectivity index (χ1) is 10.1. The lowest BCUT2D eigenvalue weighted by Crippen LogP contribution is -2.66. The summed E-state index contributed by atoms with van der Waals surface area (Å²) >= 11 is 0. The van der Waals surface area contributed by atoms with E-state index in [4.69, 9.17) is 4.74 Å². The number of aliphatic hydroxyl groups excluding tert-OH is 1. The molecule has 0 spiro atoms. The molecule has 0 unspecified atom stereocenters. The van der Waals surface area contributed by atoms with Gasteiger partial charge in [-0.25, -0.2) is 0 Å². The van der Waals surface area contributed by atoms with Gasteiger partial charge < -0.3 is 9.84 Å². The first kappa shape index (κ1) is 16.5. The second kappa shape index (κ2) is 4.83. The molecular weight excluding hydrogens is 272 g/mol. The van der Waals surface area contributed by atoms with Crippen LogP contribution in [0, 0.1) is 22.7 Å². The van der Waals surface area contributed by atoms with Gasteiger partial charge in [-0.2, -0.15) is 0 Å². The molecule has 2 saturated carbocycles. The van der Waals surface area contributed by atoms with E-state index in [0.717, 1.165) is 32.1 Å². The second-order valence-corrected chi connectivity index (χ2v) is 9.52. The van der Waals surface area contributed by atoms with Gasteiger partial charge in [-0.3, -0.25) is 0 Å². The van der Waals surface area contributed by atoms with Crippen LogP contribution in [0.4, 0.5) is 0 Å². The van der Waals surface area contributed by atoms with Crippen LogP contribution in [-0.4, -0.2) is 22.4 Å². The lowest BCUT2D eigenvalue weighted by Gasteiger charge is -2.66. The molecule has 3 rings (SSSR count). The molecule has 3 aliphatic rings. The third-order valence-electron chi connectivity index (χ3n) is 7.72. The van der Waals surface area contributed by atoms with Crippen LogP contribution in [-0.2, 0) is 4.74 Å². The Labute approximate surface area is 136 Å². The Kier molecular flexibility index (Phi) is 3.63. The maximum Gasteiger partial charge on any atom is 0.0839 e. The SMILES string of the molecule is C=C[C@@]1(C)CC[C@@H]2[C@@]3(C)[C@H](O)CCC(C)(C)[C@@H]3CC[C@@]2(C)O1. The van der Waals surface area contributed by atoms with Crippen molar-refractivity contribution in [3.05, 3.63) is 12.7 Å². The van der Waals surface area contributed by atoms with E-state index in [1.165, 1.54) is 6.42 Å². The van der Waals surface area contributed by atoms with E-state index in [-0.39, 0.29) is 22.7 Å². The molecule has 0 aromatic heterocycles. The van der Waals surface area contributed by atoms with Crippen molar-refractivity contribution in [3.8, 4) is 0 Å². The molecule has 0 radical (unpaired) electrons. The molecule has 22 heavy (non-hydrogen) atoms. The molecule has 3 fully saturated rings. The maximum absolute atomic E-state index is 11.0. The van der Waals surface area contributed by atoms with Crippen molar-refractivity contribution >= 4 is 0 Å². The predicted octanol–water partition coefficient (Wildman–Crippen LogP) is 4.71. The lowest BCUT2D eigenvalue weighted by atomic mass is 9.43. The van der Waals surface area contributed by atoms with E-state index < -0.39 is 0 Å². The van der Waals surface area contributed by atoms with Crippen molar-refractivity contribution in [3.63, 3.8) is 0 Å². The number of ether oxygens (including phenoxy) is 1. The summed E-state index contributed by atoms with van der Waals surface area (Å²) in [6.07, 6.45) is 8.30. The normalized spacial score (nSPS) is 54.2. The number of aliphatic hydroxyl groups is 1.